The van der Waals surface area contributed by atoms with Crippen LogP contribution in [0.25, 0.3) is 0 Å². The lowest BCUT2D eigenvalue weighted by atomic mass is 9.61. The number of piperidine rings is 1. The van der Waals surface area contributed by atoms with Gasteiger partial charge in [0.15, 0.2) is 0 Å². The molecule has 1 saturated carbocycles. The van der Waals surface area contributed by atoms with Crippen LogP contribution in [0.1, 0.15) is 38.2 Å². The number of nitrogens with zero attached hydrogens (tertiary/aromatic N) is 3. The van der Waals surface area contributed by atoms with E-state index in [2.05, 4.69) is 26.9 Å². The maximum Gasteiger partial charge on any atom is 0.313 e. The van der Waals surface area contributed by atoms with Crippen LogP contribution in [0, 0.1) is 11.3 Å². The predicted molar refractivity (Wildman–Crippen MR) is 107 cm³/mol. The third-order valence-corrected chi connectivity index (χ3v) is 6.96. The highest BCUT2D eigenvalue weighted by Gasteiger charge is 2.53. The zero-order valence-electron chi connectivity index (χ0n) is 17.0. The monoisotopic (exact) mass is 387 g/mol. The second kappa shape index (κ2) is 8.89. The number of carbonyl (C=O) groups is 1. The molecule has 2 aliphatic heterocycles. The van der Waals surface area contributed by atoms with Crippen molar-refractivity contribution in [2.45, 2.75) is 45.2 Å². The maximum absolute atomic E-state index is 13.1. The Morgan fingerprint density at radius 1 is 1.25 bits per heavy atom. The number of esters is 1. The lowest BCUT2D eigenvalue weighted by molar-refractivity contribution is -0.170. The smallest absolute Gasteiger partial charge is 0.313 e. The molecule has 1 aliphatic carbocycles. The first-order valence-electron chi connectivity index (χ1n) is 10.8. The predicted octanol–water partition coefficient (Wildman–Crippen LogP) is 2.34. The van der Waals surface area contributed by atoms with Gasteiger partial charge in [-0.2, -0.15) is 0 Å². The molecule has 4 rings (SSSR count). The highest BCUT2D eigenvalue weighted by atomic mass is 16.5. The second-order valence-corrected chi connectivity index (χ2v) is 8.50. The first-order chi connectivity index (χ1) is 13.7. The normalized spacial score (nSPS) is 31.9. The van der Waals surface area contributed by atoms with E-state index in [9.17, 15) is 4.79 Å². The third-order valence-electron chi connectivity index (χ3n) is 6.96. The van der Waals surface area contributed by atoms with Crippen molar-refractivity contribution < 1.29 is 14.3 Å². The van der Waals surface area contributed by atoms with E-state index in [1.54, 1.807) is 0 Å². The molecule has 0 aromatic carbocycles. The Hall–Kier alpha value is -1.50. The van der Waals surface area contributed by atoms with E-state index in [1.165, 1.54) is 5.56 Å². The van der Waals surface area contributed by atoms with Gasteiger partial charge in [0, 0.05) is 44.6 Å². The molecule has 1 aromatic rings. The molecule has 3 aliphatic rings. The number of fused-ring (bicyclic) bond motifs is 1. The Kier molecular flexibility index (Phi) is 6.28. The molecular formula is C22H33N3O3. The molecule has 0 unspecified atom stereocenters. The number of rotatable bonds is 5. The second-order valence-electron chi connectivity index (χ2n) is 8.50. The molecule has 2 saturated heterocycles. The summed E-state index contributed by atoms with van der Waals surface area (Å²) in [4.78, 5) is 22.3. The molecule has 0 N–H and O–H groups in total. The number of pyridine rings is 1. The Morgan fingerprint density at radius 2 is 2.04 bits per heavy atom. The van der Waals surface area contributed by atoms with Gasteiger partial charge >= 0.3 is 5.97 Å². The van der Waals surface area contributed by atoms with Crippen LogP contribution in [0.15, 0.2) is 24.5 Å². The van der Waals surface area contributed by atoms with E-state index in [0.29, 0.717) is 18.6 Å². The zero-order chi connectivity index (χ0) is 19.4. The zero-order valence-corrected chi connectivity index (χ0v) is 17.0. The van der Waals surface area contributed by atoms with Gasteiger partial charge < -0.3 is 9.47 Å². The highest BCUT2D eigenvalue weighted by molar-refractivity contribution is 5.78. The lowest BCUT2D eigenvalue weighted by Crippen LogP contribution is -2.58. The summed E-state index contributed by atoms with van der Waals surface area (Å²) < 4.78 is 11.1. The van der Waals surface area contributed by atoms with Crippen molar-refractivity contribution in [3.63, 3.8) is 0 Å². The number of hydrogen-bond acceptors (Lipinski definition) is 6. The first-order valence-corrected chi connectivity index (χ1v) is 10.8. The van der Waals surface area contributed by atoms with Crippen LogP contribution in [0.5, 0.6) is 0 Å². The fourth-order valence-corrected chi connectivity index (χ4v) is 5.48. The molecule has 1 aromatic heterocycles. The number of carbonyl (C=O) groups excluding carboxylic acids is 1. The maximum atomic E-state index is 13.1. The van der Waals surface area contributed by atoms with E-state index in [1.807, 2.05) is 19.3 Å². The van der Waals surface area contributed by atoms with E-state index in [0.717, 1.165) is 71.6 Å². The summed E-state index contributed by atoms with van der Waals surface area (Å²) in [6.07, 6.45) is 7.89. The number of aromatic nitrogens is 1. The molecule has 6 heteroatoms. The van der Waals surface area contributed by atoms with Gasteiger partial charge in [0.2, 0.25) is 0 Å². The van der Waals surface area contributed by atoms with Crippen molar-refractivity contribution in [1.82, 2.24) is 14.8 Å². The molecule has 28 heavy (non-hydrogen) atoms. The summed E-state index contributed by atoms with van der Waals surface area (Å²) in [5.74, 6) is 0.446. The lowest BCUT2D eigenvalue weighted by Gasteiger charge is -2.52. The molecule has 6 nitrogen and oxygen atoms in total. The summed E-state index contributed by atoms with van der Waals surface area (Å²) in [5.41, 5.74) is 0.916. The molecule has 3 heterocycles. The first kappa shape index (κ1) is 19.8. The van der Waals surface area contributed by atoms with Crippen molar-refractivity contribution in [2.24, 2.45) is 11.3 Å². The summed E-state index contributed by atoms with van der Waals surface area (Å²) in [6, 6.07) is 4.72. The minimum absolute atomic E-state index is 0.0276. The Bertz CT molecular complexity index is 650. The molecule has 0 amide bonds. The van der Waals surface area contributed by atoms with E-state index >= 15 is 0 Å². The Balaban J connectivity index is 1.48. The van der Waals surface area contributed by atoms with Gasteiger partial charge in [-0.3, -0.25) is 19.6 Å². The number of likely N-dealkylation sites (tertiary alicyclic amines) is 1. The van der Waals surface area contributed by atoms with Gasteiger partial charge in [-0.25, -0.2) is 0 Å². The summed E-state index contributed by atoms with van der Waals surface area (Å²) in [5, 5.41) is 0. The van der Waals surface area contributed by atoms with Crippen LogP contribution in [0.3, 0.4) is 0 Å². The summed E-state index contributed by atoms with van der Waals surface area (Å²) in [7, 11) is 0. The van der Waals surface area contributed by atoms with Crippen molar-refractivity contribution in [3.8, 4) is 0 Å². The molecule has 3 fully saturated rings. The van der Waals surface area contributed by atoms with Gasteiger partial charge in [0.05, 0.1) is 25.2 Å². The van der Waals surface area contributed by atoms with E-state index in [-0.39, 0.29) is 11.4 Å². The number of hydrogen-bond donors (Lipinski definition) is 0. The average molecular weight is 388 g/mol. The van der Waals surface area contributed by atoms with Crippen molar-refractivity contribution in [1.29, 1.82) is 0 Å². The van der Waals surface area contributed by atoms with Gasteiger partial charge in [0.25, 0.3) is 0 Å². The highest BCUT2D eigenvalue weighted by Crippen LogP contribution is 2.48. The summed E-state index contributed by atoms with van der Waals surface area (Å²) >= 11 is 0. The van der Waals surface area contributed by atoms with Gasteiger partial charge in [-0.05, 0) is 62.8 Å². The molecular weight excluding hydrogens is 354 g/mol. The molecule has 0 spiro atoms. The standard InChI is InChI=1S/C22H33N3O3/c1-2-28-21(26)22-7-3-20(25-11-13-27-14-12-25)15-19(22)6-10-24(17-22)16-18-4-8-23-9-5-18/h4-5,8-9,19-20H,2-3,6-7,10-17H2,1H3/t19-,20-,22-/m1/s1. The van der Waals surface area contributed by atoms with Gasteiger partial charge in [0.1, 0.15) is 0 Å². The Labute approximate surface area is 168 Å². The van der Waals surface area contributed by atoms with Crippen LogP contribution in [-0.2, 0) is 20.8 Å². The van der Waals surface area contributed by atoms with E-state index < -0.39 is 0 Å². The molecule has 0 radical (unpaired) electrons. The topological polar surface area (TPSA) is 54.9 Å². The quantitative estimate of drug-likeness (QED) is 0.723. The van der Waals surface area contributed by atoms with E-state index in [4.69, 9.17) is 9.47 Å². The Morgan fingerprint density at radius 3 is 2.79 bits per heavy atom. The minimum Gasteiger partial charge on any atom is -0.466 e. The molecule has 0 bridgehead atoms. The fraction of sp³-hybridized carbons (Fsp3) is 0.727. The largest absolute Gasteiger partial charge is 0.466 e. The van der Waals surface area contributed by atoms with Crippen LogP contribution in [0.4, 0.5) is 0 Å². The van der Waals surface area contributed by atoms with Crippen LogP contribution < -0.4 is 0 Å². The third kappa shape index (κ3) is 4.09. The van der Waals surface area contributed by atoms with Crippen LogP contribution in [0.2, 0.25) is 0 Å². The molecule has 154 valence electrons. The van der Waals surface area contributed by atoms with Crippen molar-refractivity contribution in [2.75, 3.05) is 46.0 Å². The SMILES string of the molecule is CCOC(=O)[C@@]12CC[C@@H](N3CCOCC3)C[C@H]1CCN(Cc1ccncc1)C2. The fourth-order valence-electron chi connectivity index (χ4n) is 5.48. The van der Waals surface area contributed by atoms with Gasteiger partial charge in [-0.1, -0.05) is 0 Å². The minimum atomic E-state index is -0.343. The van der Waals surface area contributed by atoms with Gasteiger partial charge in [-0.15, -0.1) is 0 Å². The number of ether oxygens (including phenoxy) is 2. The number of morpholine rings is 1. The van der Waals surface area contributed by atoms with Crippen LogP contribution in [-0.4, -0.2) is 72.8 Å². The van der Waals surface area contributed by atoms with Crippen LogP contribution >= 0.6 is 0 Å². The van der Waals surface area contributed by atoms with Crippen molar-refractivity contribution >= 4 is 5.97 Å². The van der Waals surface area contributed by atoms with Crippen molar-refractivity contribution in [3.05, 3.63) is 30.1 Å². The summed E-state index contributed by atoms with van der Waals surface area (Å²) in [6.45, 7) is 8.84. The molecule has 3 atom stereocenters. The average Bonchev–Trinajstić information content (AvgIpc) is 2.75.